The van der Waals surface area contributed by atoms with Gasteiger partial charge in [-0.15, -0.1) is 0 Å². The molecule has 0 fully saturated rings. The van der Waals surface area contributed by atoms with Crippen LogP contribution in [0, 0.1) is 5.82 Å². The lowest BCUT2D eigenvalue weighted by Crippen LogP contribution is -2.22. The fourth-order valence-corrected chi connectivity index (χ4v) is 1.19. The number of nitrogens with one attached hydrogen (secondary N) is 1. The summed E-state index contributed by atoms with van der Waals surface area (Å²) in [5, 5.41) is 2.59. The molecule has 0 saturated heterocycles. The standard InChI is InChI=1S/C11H15FN2O2/c1-2-14-11(15)8-3-4-10(9(12)7-8)16-6-5-13/h3-4,7H,2,5-6,13H2,1H3,(H,14,15). The average Bonchev–Trinajstić information content (AvgIpc) is 2.27. The van der Waals surface area contributed by atoms with Crippen LogP contribution in [0.4, 0.5) is 4.39 Å². The molecule has 0 heterocycles. The summed E-state index contributed by atoms with van der Waals surface area (Å²) in [5.74, 6) is -0.748. The fourth-order valence-electron chi connectivity index (χ4n) is 1.19. The third kappa shape index (κ3) is 3.20. The van der Waals surface area contributed by atoms with E-state index in [-0.39, 0.29) is 23.8 Å². The van der Waals surface area contributed by atoms with Gasteiger partial charge >= 0.3 is 0 Å². The van der Waals surface area contributed by atoms with Crippen molar-refractivity contribution >= 4 is 5.91 Å². The zero-order valence-corrected chi connectivity index (χ0v) is 9.13. The zero-order valence-electron chi connectivity index (χ0n) is 9.13. The third-order valence-electron chi connectivity index (χ3n) is 1.91. The Labute approximate surface area is 93.6 Å². The summed E-state index contributed by atoms with van der Waals surface area (Å²) in [7, 11) is 0. The molecule has 0 radical (unpaired) electrons. The predicted molar refractivity (Wildman–Crippen MR) is 59.0 cm³/mol. The Hall–Kier alpha value is -1.62. The first kappa shape index (κ1) is 12.4. The molecule has 5 heteroatoms. The lowest BCUT2D eigenvalue weighted by atomic mass is 10.2. The van der Waals surface area contributed by atoms with E-state index >= 15 is 0 Å². The lowest BCUT2D eigenvalue weighted by Gasteiger charge is -2.07. The first-order valence-corrected chi connectivity index (χ1v) is 5.09. The average molecular weight is 226 g/mol. The predicted octanol–water partition coefficient (Wildman–Crippen LogP) is 0.913. The monoisotopic (exact) mass is 226 g/mol. The van der Waals surface area contributed by atoms with Crippen LogP contribution in [0.5, 0.6) is 5.75 Å². The van der Waals surface area contributed by atoms with Gasteiger partial charge in [0.2, 0.25) is 0 Å². The number of nitrogens with two attached hydrogens (primary N) is 1. The molecule has 1 rings (SSSR count). The van der Waals surface area contributed by atoms with Gasteiger partial charge in [-0.05, 0) is 25.1 Å². The smallest absolute Gasteiger partial charge is 0.251 e. The van der Waals surface area contributed by atoms with E-state index in [1.165, 1.54) is 12.1 Å². The van der Waals surface area contributed by atoms with E-state index in [9.17, 15) is 9.18 Å². The second-order valence-corrected chi connectivity index (χ2v) is 3.14. The molecule has 0 aliphatic carbocycles. The molecule has 0 saturated carbocycles. The highest BCUT2D eigenvalue weighted by Gasteiger charge is 2.09. The van der Waals surface area contributed by atoms with Crippen LogP contribution in [0.2, 0.25) is 0 Å². The largest absolute Gasteiger partial charge is 0.489 e. The number of amides is 1. The van der Waals surface area contributed by atoms with Gasteiger partial charge in [0.1, 0.15) is 6.61 Å². The number of halogens is 1. The molecular weight excluding hydrogens is 211 g/mol. The molecule has 1 aromatic rings. The molecular formula is C11H15FN2O2. The molecule has 16 heavy (non-hydrogen) atoms. The Kier molecular flexibility index (Phi) is 4.72. The van der Waals surface area contributed by atoms with E-state index < -0.39 is 5.82 Å². The van der Waals surface area contributed by atoms with Crippen molar-refractivity contribution in [3.8, 4) is 5.75 Å². The molecule has 0 bridgehead atoms. The highest BCUT2D eigenvalue weighted by molar-refractivity contribution is 5.94. The quantitative estimate of drug-likeness (QED) is 0.784. The fraction of sp³-hybridized carbons (Fsp3) is 0.364. The Morgan fingerprint density at radius 2 is 2.31 bits per heavy atom. The van der Waals surface area contributed by atoms with Crippen molar-refractivity contribution in [1.82, 2.24) is 5.32 Å². The van der Waals surface area contributed by atoms with Crippen LogP contribution in [0.25, 0.3) is 0 Å². The van der Waals surface area contributed by atoms with E-state index in [0.717, 1.165) is 6.07 Å². The number of rotatable bonds is 5. The van der Waals surface area contributed by atoms with Gasteiger partial charge in [0.15, 0.2) is 11.6 Å². The lowest BCUT2D eigenvalue weighted by molar-refractivity contribution is 0.0955. The summed E-state index contributed by atoms with van der Waals surface area (Å²) in [6.07, 6.45) is 0. The molecule has 3 N–H and O–H groups in total. The van der Waals surface area contributed by atoms with Crippen molar-refractivity contribution in [3.05, 3.63) is 29.6 Å². The minimum absolute atomic E-state index is 0.110. The second-order valence-electron chi connectivity index (χ2n) is 3.14. The van der Waals surface area contributed by atoms with Gasteiger partial charge in [-0.1, -0.05) is 0 Å². The van der Waals surface area contributed by atoms with E-state index in [1.807, 2.05) is 0 Å². The molecule has 88 valence electrons. The summed E-state index contributed by atoms with van der Waals surface area (Å²) in [6.45, 7) is 2.87. The number of carbonyl (C=O) groups is 1. The number of hydrogen-bond acceptors (Lipinski definition) is 3. The molecule has 0 atom stereocenters. The molecule has 4 nitrogen and oxygen atoms in total. The van der Waals surface area contributed by atoms with Crippen LogP contribution in [0.1, 0.15) is 17.3 Å². The van der Waals surface area contributed by atoms with Crippen molar-refractivity contribution in [2.45, 2.75) is 6.92 Å². The highest BCUT2D eigenvalue weighted by atomic mass is 19.1. The molecule has 1 amide bonds. The molecule has 0 spiro atoms. The van der Waals surface area contributed by atoms with Crippen LogP contribution >= 0.6 is 0 Å². The maximum atomic E-state index is 13.4. The minimum atomic E-state index is -0.558. The summed E-state index contributed by atoms with van der Waals surface area (Å²) >= 11 is 0. The summed E-state index contributed by atoms with van der Waals surface area (Å²) in [5.41, 5.74) is 5.51. The molecule has 1 aromatic carbocycles. The Morgan fingerprint density at radius 3 is 2.88 bits per heavy atom. The molecule has 0 aliphatic rings. The van der Waals surface area contributed by atoms with Crippen LogP contribution in [-0.4, -0.2) is 25.6 Å². The third-order valence-corrected chi connectivity index (χ3v) is 1.91. The Morgan fingerprint density at radius 1 is 1.56 bits per heavy atom. The summed E-state index contributed by atoms with van der Waals surface area (Å²) in [4.78, 5) is 11.4. The Bertz CT molecular complexity index is 369. The van der Waals surface area contributed by atoms with Gasteiger partial charge in [-0.3, -0.25) is 4.79 Å². The van der Waals surface area contributed by atoms with Gasteiger partial charge in [-0.25, -0.2) is 4.39 Å². The maximum absolute atomic E-state index is 13.4. The van der Waals surface area contributed by atoms with Gasteiger partial charge in [-0.2, -0.15) is 0 Å². The van der Waals surface area contributed by atoms with E-state index in [4.69, 9.17) is 10.5 Å². The van der Waals surface area contributed by atoms with Crippen LogP contribution in [0.3, 0.4) is 0 Å². The van der Waals surface area contributed by atoms with Crippen molar-refractivity contribution in [3.63, 3.8) is 0 Å². The molecule has 0 aromatic heterocycles. The molecule has 0 aliphatic heterocycles. The minimum Gasteiger partial charge on any atom is -0.489 e. The van der Waals surface area contributed by atoms with Crippen LogP contribution < -0.4 is 15.8 Å². The maximum Gasteiger partial charge on any atom is 0.251 e. The van der Waals surface area contributed by atoms with Gasteiger partial charge < -0.3 is 15.8 Å². The number of ether oxygens (including phenoxy) is 1. The normalized spacial score (nSPS) is 9.94. The first-order chi connectivity index (χ1) is 7.69. The van der Waals surface area contributed by atoms with Crippen molar-refractivity contribution < 1.29 is 13.9 Å². The van der Waals surface area contributed by atoms with Gasteiger partial charge in [0.05, 0.1) is 0 Å². The zero-order chi connectivity index (χ0) is 12.0. The summed E-state index contributed by atoms with van der Waals surface area (Å²) in [6, 6.07) is 4.09. The SMILES string of the molecule is CCNC(=O)c1ccc(OCCN)c(F)c1. The topological polar surface area (TPSA) is 64.3 Å². The number of benzene rings is 1. The van der Waals surface area contributed by atoms with Crippen molar-refractivity contribution in [2.75, 3.05) is 19.7 Å². The summed E-state index contributed by atoms with van der Waals surface area (Å²) < 4.78 is 18.5. The number of hydrogen-bond donors (Lipinski definition) is 2. The van der Waals surface area contributed by atoms with E-state index in [1.54, 1.807) is 6.92 Å². The van der Waals surface area contributed by atoms with Crippen molar-refractivity contribution in [1.29, 1.82) is 0 Å². The van der Waals surface area contributed by atoms with Gasteiger partial charge in [0, 0.05) is 18.7 Å². The first-order valence-electron chi connectivity index (χ1n) is 5.09. The van der Waals surface area contributed by atoms with E-state index in [0.29, 0.717) is 13.1 Å². The number of carbonyl (C=O) groups excluding carboxylic acids is 1. The van der Waals surface area contributed by atoms with Crippen LogP contribution in [-0.2, 0) is 0 Å². The molecule has 0 unspecified atom stereocenters. The van der Waals surface area contributed by atoms with Crippen LogP contribution in [0.15, 0.2) is 18.2 Å². The second kappa shape index (κ2) is 6.07. The van der Waals surface area contributed by atoms with E-state index in [2.05, 4.69) is 5.32 Å². The van der Waals surface area contributed by atoms with Gasteiger partial charge in [0.25, 0.3) is 5.91 Å². The Balaban J connectivity index is 2.78. The van der Waals surface area contributed by atoms with Crippen molar-refractivity contribution in [2.24, 2.45) is 5.73 Å². The highest BCUT2D eigenvalue weighted by Crippen LogP contribution is 2.18.